The second kappa shape index (κ2) is 10.6. The number of hydrogen-bond donors (Lipinski definition) is 0. The van der Waals surface area contributed by atoms with E-state index in [1.165, 1.54) is 96.6 Å². The molecule has 0 saturated heterocycles. The lowest BCUT2D eigenvalue weighted by atomic mass is 9.85. The van der Waals surface area contributed by atoms with Crippen LogP contribution < -0.4 is 0 Å². The maximum Gasteiger partial charge on any atom is 0.153 e. The fourth-order valence-electron chi connectivity index (χ4n) is 8.27. The standard InChI is InChI=1S/C48H28OS/c1-2-13-29(14-3-1)44-34-19-5-7-21-36(34)45(37-22-8-6-20-35(37)44)31-16-12-15-30(27-31)41-28-42-40-26-25-38-33-18-10-11-24-43(33)49-46(38)48(40)50-47(42)39-23-9-4-17-32(39)41/h1-28H. The Kier molecular flexibility index (Phi) is 5.89. The third-order valence-corrected chi connectivity index (χ3v) is 11.7. The van der Waals surface area contributed by atoms with Gasteiger partial charge in [0.2, 0.25) is 0 Å². The predicted octanol–water partition coefficient (Wildman–Crippen LogP) is 14.4. The molecule has 2 aromatic heterocycles. The van der Waals surface area contributed by atoms with Crippen molar-refractivity contribution >= 4 is 85.8 Å². The quantitative estimate of drug-likeness (QED) is 0.173. The molecule has 0 amide bonds. The second-order valence-corrected chi connectivity index (χ2v) is 14.2. The molecule has 50 heavy (non-hydrogen) atoms. The van der Waals surface area contributed by atoms with Gasteiger partial charge in [0, 0.05) is 31.6 Å². The van der Waals surface area contributed by atoms with E-state index in [1.807, 2.05) is 17.4 Å². The Bertz CT molecular complexity index is 3090. The zero-order valence-electron chi connectivity index (χ0n) is 27.0. The van der Waals surface area contributed by atoms with Gasteiger partial charge in [-0.3, -0.25) is 0 Å². The summed E-state index contributed by atoms with van der Waals surface area (Å²) in [5.74, 6) is 0. The highest BCUT2D eigenvalue weighted by molar-refractivity contribution is 7.27. The average Bonchev–Trinajstić information content (AvgIpc) is 3.76. The number of furan rings is 1. The minimum atomic E-state index is 0.937. The van der Waals surface area contributed by atoms with Gasteiger partial charge >= 0.3 is 0 Å². The molecule has 0 fully saturated rings. The third kappa shape index (κ3) is 3.94. The maximum absolute atomic E-state index is 6.50. The first-order chi connectivity index (χ1) is 24.8. The maximum atomic E-state index is 6.50. The zero-order chi connectivity index (χ0) is 32.8. The first kappa shape index (κ1) is 27.7. The average molecular weight is 653 g/mol. The molecule has 0 aliphatic rings. The molecular weight excluding hydrogens is 625 g/mol. The lowest BCUT2D eigenvalue weighted by Crippen LogP contribution is -1.91. The van der Waals surface area contributed by atoms with Gasteiger partial charge in [-0.25, -0.2) is 0 Å². The summed E-state index contributed by atoms with van der Waals surface area (Å²) in [7, 11) is 0. The first-order valence-corrected chi connectivity index (χ1v) is 17.9. The number of thiophene rings is 1. The van der Waals surface area contributed by atoms with Crippen molar-refractivity contribution in [2.24, 2.45) is 0 Å². The molecule has 0 N–H and O–H groups in total. The van der Waals surface area contributed by atoms with Gasteiger partial charge in [-0.05, 0) is 84.6 Å². The highest BCUT2D eigenvalue weighted by Crippen LogP contribution is 2.48. The summed E-state index contributed by atoms with van der Waals surface area (Å²) in [6.07, 6.45) is 0. The Labute approximate surface area is 292 Å². The van der Waals surface area contributed by atoms with Crippen molar-refractivity contribution in [3.8, 4) is 33.4 Å². The summed E-state index contributed by atoms with van der Waals surface area (Å²) in [4.78, 5) is 0. The van der Waals surface area contributed by atoms with E-state index in [4.69, 9.17) is 4.42 Å². The van der Waals surface area contributed by atoms with E-state index in [1.54, 1.807) is 0 Å². The van der Waals surface area contributed by atoms with Gasteiger partial charge < -0.3 is 4.42 Å². The van der Waals surface area contributed by atoms with Crippen molar-refractivity contribution in [2.45, 2.75) is 0 Å². The van der Waals surface area contributed by atoms with E-state index in [0.717, 1.165) is 11.2 Å². The van der Waals surface area contributed by atoms with Crippen LogP contribution in [0.3, 0.4) is 0 Å². The van der Waals surface area contributed by atoms with Crippen LogP contribution in [0.1, 0.15) is 0 Å². The van der Waals surface area contributed by atoms with Gasteiger partial charge in [-0.15, -0.1) is 11.3 Å². The Balaban J connectivity index is 1.18. The number of rotatable bonds is 3. The molecule has 9 aromatic carbocycles. The summed E-state index contributed by atoms with van der Waals surface area (Å²) in [5.41, 5.74) is 9.40. The minimum Gasteiger partial charge on any atom is -0.455 e. The minimum absolute atomic E-state index is 0.937. The summed E-state index contributed by atoms with van der Waals surface area (Å²) in [6, 6.07) is 61.9. The molecule has 0 aliphatic heterocycles. The Hall–Kier alpha value is -6.22. The van der Waals surface area contributed by atoms with E-state index in [9.17, 15) is 0 Å². The van der Waals surface area contributed by atoms with Crippen LogP contribution in [0, 0.1) is 0 Å². The van der Waals surface area contributed by atoms with Crippen molar-refractivity contribution in [2.75, 3.05) is 0 Å². The van der Waals surface area contributed by atoms with Crippen molar-refractivity contribution in [3.05, 3.63) is 170 Å². The van der Waals surface area contributed by atoms with Crippen LogP contribution in [0.25, 0.3) is 108 Å². The molecule has 0 atom stereocenters. The third-order valence-electron chi connectivity index (χ3n) is 10.4. The van der Waals surface area contributed by atoms with Crippen LogP contribution in [-0.2, 0) is 0 Å². The Morgan fingerprint density at radius 2 is 0.840 bits per heavy atom. The molecule has 0 aliphatic carbocycles. The van der Waals surface area contributed by atoms with Gasteiger partial charge in [0.15, 0.2) is 5.58 Å². The van der Waals surface area contributed by atoms with Gasteiger partial charge in [0.25, 0.3) is 0 Å². The molecule has 0 radical (unpaired) electrons. The topological polar surface area (TPSA) is 13.1 Å². The highest BCUT2D eigenvalue weighted by Gasteiger charge is 2.20. The van der Waals surface area contributed by atoms with E-state index in [2.05, 4.69) is 164 Å². The van der Waals surface area contributed by atoms with Crippen molar-refractivity contribution in [3.63, 3.8) is 0 Å². The molecule has 232 valence electrons. The lowest BCUT2D eigenvalue weighted by molar-refractivity contribution is 0.673. The molecule has 0 unspecified atom stereocenters. The fourth-order valence-corrected chi connectivity index (χ4v) is 9.58. The Morgan fingerprint density at radius 3 is 1.56 bits per heavy atom. The molecule has 2 heteroatoms. The van der Waals surface area contributed by atoms with E-state index in [-0.39, 0.29) is 0 Å². The van der Waals surface area contributed by atoms with Crippen LogP contribution in [0.15, 0.2) is 174 Å². The van der Waals surface area contributed by atoms with Crippen molar-refractivity contribution < 1.29 is 4.42 Å². The smallest absolute Gasteiger partial charge is 0.153 e. The fraction of sp³-hybridized carbons (Fsp3) is 0. The summed E-state index contributed by atoms with van der Waals surface area (Å²) >= 11 is 1.85. The molecule has 11 aromatic rings. The normalized spacial score (nSPS) is 12.0. The number of para-hydroxylation sites is 1. The first-order valence-electron chi connectivity index (χ1n) is 17.1. The number of hydrogen-bond acceptors (Lipinski definition) is 2. The predicted molar refractivity (Wildman–Crippen MR) is 215 cm³/mol. The number of benzene rings is 9. The van der Waals surface area contributed by atoms with Crippen LogP contribution in [0.4, 0.5) is 0 Å². The van der Waals surface area contributed by atoms with Crippen LogP contribution >= 0.6 is 11.3 Å². The van der Waals surface area contributed by atoms with Crippen molar-refractivity contribution in [1.29, 1.82) is 0 Å². The SMILES string of the molecule is c1ccc(-c2c3ccccc3c(-c3cccc(-c4cc5c6ccc7c8ccccc8oc7c6sc5c5ccccc45)c3)c3ccccc23)cc1. The summed E-state index contributed by atoms with van der Waals surface area (Å²) in [6.45, 7) is 0. The van der Waals surface area contributed by atoms with Crippen LogP contribution in [0.5, 0.6) is 0 Å². The second-order valence-electron chi connectivity index (χ2n) is 13.2. The molecule has 1 nitrogen and oxygen atoms in total. The molecule has 0 saturated carbocycles. The molecular formula is C48H28OS. The highest BCUT2D eigenvalue weighted by atomic mass is 32.1. The largest absolute Gasteiger partial charge is 0.455 e. The van der Waals surface area contributed by atoms with Gasteiger partial charge in [0.05, 0.1) is 4.70 Å². The van der Waals surface area contributed by atoms with E-state index in [0.29, 0.717) is 0 Å². The van der Waals surface area contributed by atoms with Crippen LogP contribution in [0.2, 0.25) is 0 Å². The van der Waals surface area contributed by atoms with Gasteiger partial charge in [-0.2, -0.15) is 0 Å². The summed E-state index contributed by atoms with van der Waals surface area (Å²) < 4.78 is 9.02. The van der Waals surface area contributed by atoms with Gasteiger partial charge in [-0.1, -0.05) is 146 Å². The molecule has 2 heterocycles. The van der Waals surface area contributed by atoms with E-state index >= 15 is 0 Å². The monoisotopic (exact) mass is 652 g/mol. The molecule has 0 bridgehead atoms. The van der Waals surface area contributed by atoms with Gasteiger partial charge in [0.1, 0.15) is 5.58 Å². The summed E-state index contributed by atoms with van der Waals surface area (Å²) in [5, 5.41) is 12.5. The lowest BCUT2D eigenvalue weighted by Gasteiger charge is -2.18. The Morgan fingerprint density at radius 1 is 0.320 bits per heavy atom. The zero-order valence-corrected chi connectivity index (χ0v) is 27.8. The number of fused-ring (bicyclic) bond motifs is 11. The molecule has 0 spiro atoms. The van der Waals surface area contributed by atoms with Crippen LogP contribution in [-0.4, -0.2) is 0 Å². The van der Waals surface area contributed by atoms with E-state index < -0.39 is 0 Å². The molecule has 11 rings (SSSR count). The van der Waals surface area contributed by atoms with Crippen molar-refractivity contribution in [1.82, 2.24) is 0 Å².